The predicted octanol–water partition coefficient (Wildman–Crippen LogP) is 3.60. The topological polar surface area (TPSA) is 51.8 Å². The molecule has 0 aromatic carbocycles. The number of nitrogens with zero attached hydrogens (tertiary/aromatic N) is 2. The van der Waals surface area contributed by atoms with Gasteiger partial charge >= 0.3 is 0 Å². The highest BCUT2D eigenvalue weighted by Crippen LogP contribution is 2.38. The number of aromatic nitrogens is 2. The maximum Gasteiger partial charge on any atom is 0.141 e. The molecule has 0 unspecified atom stereocenters. The summed E-state index contributed by atoms with van der Waals surface area (Å²) < 4.78 is 0.906. The number of hydrogen-bond acceptors (Lipinski definition) is 3. The van der Waals surface area contributed by atoms with Crippen molar-refractivity contribution < 1.29 is 0 Å². The van der Waals surface area contributed by atoms with Crippen LogP contribution in [0.2, 0.25) is 0 Å². The van der Waals surface area contributed by atoms with Crippen LogP contribution in [0.1, 0.15) is 62.9 Å². The van der Waals surface area contributed by atoms with Crippen molar-refractivity contribution in [3.63, 3.8) is 0 Å². The monoisotopic (exact) mass is 283 g/mol. The van der Waals surface area contributed by atoms with Crippen molar-refractivity contribution in [2.75, 3.05) is 5.73 Å². The first-order chi connectivity index (χ1) is 7.59. The summed E-state index contributed by atoms with van der Waals surface area (Å²) in [4.78, 5) is 9.00. The van der Waals surface area contributed by atoms with Crippen molar-refractivity contribution in [2.24, 2.45) is 0 Å². The van der Waals surface area contributed by atoms with Gasteiger partial charge in [-0.15, -0.1) is 0 Å². The van der Waals surface area contributed by atoms with E-state index in [4.69, 9.17) is 5.73 Å². The van der Waals surface area contributed by atoms with Crippen molar-refractivity contribution >= 4 is 21.7 Å². The van der Waals surface area contributed by atoms with Gasteiger partial charge in [0.2, 0.25) is 0 Å². The van der Waals surface area contributed by atoms with Crippen LogP contribution >= 0.6 is 15.9 Å². The minimum Gasteiger partial charge on any atom is -0.383 e. The van der Waals surface area contributed by atoms with Gasteiger partial charge in [-0.25, -0.2) is 9.97 Å². The molecular weight excluding hydrogens is 266 g/mol. The smallest absolute Gasteiger partial charge is 0.141 e. The van der Waals surface area contributed by atoms with Gasteiger partial charge in [0.1, 0.15) is 11.6 Å². The molecule has 4 heteroatoms. The maximum atomic E-state index is 5.93. The zero-order chi connectivity index (χ0) is 11.7. The fraction of sp³-hybridized carbons (Fsp3) is 0.667. The quantitative estimate of drug-likeness (QED) is 0.902. The zero-order valence-electron chi connectivity index (χ0n) is 9.83. The Hall–Kier alpha value is -0.640. The zero-order valence-corrected chi connectivity index (χ0v) is 11.4. The molecule has 0 spiro atoms. The Morgan fingerprint density at radius 3 is 2.44 bits per heavy atom. The molecule has 1 fully saturated rings. The molecule has 1 aliphatic carbocycles. The molecule has 1 aliphatic rings. The summed E-state index contributed by atoms with van der Waals surface area (Å²) in [5.41, 5.74) is 7.05. The third-order valence-corrected chi connectivity index (χ3v) is 3.99. The highest BCUT2D eigenvalue weighted by Gasteiger charge is 2.23. The van der Waals surface area contributed by atoms with E-state index in [1.807, 2.05) is 0 Å². The number of nitrogens with two attached hydrogens (primary N) is 1. The van der Waals surface area contributed by atoms with Gasteiger partial charge in [0, 0.05) is 11.8 Å². The normalized spacial score (nSPS) is 17.2. The molecule has 2 rings (SSSR count). The van der Waals surface area contributed by atoms with Gasteiger partial charge < -0.3 is 5.73 Å². The van der Waals surface area contributed by atoms with E-state index in [1.165, 1.54) is 25.7 Å². The Bertz CT molecular complexity index is 384. The summed E-state index contributed by atoms with van der Waals surface area (Å²) in [6, 6.07) is 0. The molecule has 0 aliphatic heterocycles. The third kappa shape index (κ3) is 2.21. The van der Waals surface area contributed by atoms with Gasteiger partial charge in [-0.05, 0) is 28.8 Å². The van der Waals surface area contributed by atoms with Crippen LogP contribution in [0.25, 0.3) is 0 Å². The van der Waals surface area contributed by atoms with E-state index in [0.717, 1.165) is 16.0 Å². The molecule has 3 nitrogen and oxygen atoms in total. The molecule has 0 saturated heterocycles. The predicted molar refractivity (Wildman–Crippen MR) is 69.4 cm³/mol. The first-order valence-corrected chi connectivity index (χ1v) is 6.71. The molecule has 88 valence electrons. The van der Waals surface area contributed by atoms with E-state index in [0.29, 0.717) is 17.7 Å². The van der Waals surface area contributed by atoms with Crippen molar-refractivity contribution in [2.45, 2.75) is 51.4 Å². The minimum atomic E-state index is 0.329. The molecule has 0 radical (unpaired) electrons. The lowest BCUT2D eigenvalue weighted by molar-refractivity contribution is 0.666. The summed E-state index contributed by atoms with van der Waals surface area (Å²) in [7, 11) is 0. The second-order valence-electron chi connectivity index (χ2n) is 4.80. The molecule has 0 bridgehead atoms. The number of rotatable bonds is 2. The van der Waals surface area contributed by atoms with Gasteiger partial charge in [0.05, 0.1) is 10.2 Å². The Labute approximate surface area is 105 Å². The first-order valence-electron chi connectivity index (χ1n) is 5.92. The second kappa shape index (κ2) is 4.70. The van der Waals surface area contributed by atoms with Crippen LogP contribution in [-0.2, 0) is 0 Å². The Morgan fingerprint density at radius 1 is 1.25 bits per heavy atom. The van der Waals surface area contributed by atoms with Crippen molar-refractivity contribution in [1.29, 1.82) is 0 Å². The molecule has 1 aromatic heterocycles. The summed E-state index contributed by atoms with van der Waals surface area (Å²) in [5, 5.41) is 0. The Kier molecular flexibility index (Phi) is 3.47. The number of anilines is 1. The molecular formula is C12H18BrN3. The van der Waals surface area contributed by atoms with Crippen LogP contribution in [-0.4, -0.2) is 9.97 Å². The van der Waals surface area contributed by atoms with Gasteiger partial charge in [-0.1, -0.05) is 26.7 Å². The van der Waals surface area contributed by atoms with Gasteiger partial charge in [-0.2, -0.15) is 0 Å². The summed E-state index contributed by atoms with van der Waals surface area (Å²) in [5.74, 6) is 2.34. The molecule has 1 aromatic rings. The Balaban J connectivity index is 2.41. The van der Waals surface area contributed by atoms with Crippen molar-refractivity contribution in [1.82, 2.24) is 9.97 Å². The fourth-order valence-electron chi connectivity index (χ4n) is 2.23. The van der Waals surface area contributed by atoms with Crippen LogP contribution < -0.4 is 5.73 Å². The third-order valence-electron chi connectivity index (χ3n) is 3.18. The Morgan fingerprint density at radius 2 is 1.88 bits per heavy atom. The van der Waals surface area contributed by atoms with Gasteiger partial charge in [-0.3, -0.25) is 0 Å². The lowest BCUT2D eigenvalue weighted by atomic mass is 10.0. The summed E-state index contributed by atoms with van der Waals surface area (Å²) >= 11 is 3.52. The average Bonchev–Trinajstić information content (AvgIpc) is 2.74. The molecule has 0 atom stereocenters. The molecule has 1 saturated carbocycles. The lowest BCUT2D eigenvalue weighted by Crippen LogP contribution is -2.09. The maximum absolute atomic E-state index is 5.93. The number of hydrogen-bond donors (Lipinski definition) is 1. The van der Waals surface area contributed by atoms with E-state index in [2.05, 4.69) is 39.7 Å². The average molecular weight is 284 g/mol. The van der Waals surface area contributed by atoms with E-state index in [1.54, 1.807) is 0 Å². The highest BCUT2D eigenvalue weighted by atomic mass is 79.9. The molecule has 16 heavy (non-hydrogen) atoms. The van der Waals surface area contributed by atoms with Gasteiger partial charge in [0.15, 0.2) is 0 Å². The van der Waals surface area contributed by atoms with Crippen molar-refractivity contribution in [3.8, 4) is 0 Å². The minimum absolute atomic E-state index is 0.329. The fourth-order valence-corrected chi connectivity index (χ4v) is 2.73. The number of nitrogen functional groups attached to an aromatic ring is 1. The number of halogens is 1. The van der Waals surface area contributed by atoms with Crippen LogP contribution in [0.15, 0.2) is 4.47 Å². The standard InChI is InChI=1S/C12H18BrN3/c1-7(2)12-15-10(8-5-3-4-6-8)9(13)11(14)16-12/h7-8H,3-6H2,1-2H3,(H2,14,15,16). The molecule has 0 amide bonds. The highest BCUT2D eigenvalue weighted by molar-refractivity contribution is 9.10. The van der Waals surface area contributed by atoms with E-state index < -0.39 is 0 Å². The van der Waals surface area contributed by atoms with Crippen LogP contribution in [0, 0.1) is 0 Å². The van der Waals surface area contributed by atoms with Crippen LogP contribution in [0.5, 0.6) is 0 Å². The second-order valence-corrected chi connectivity index (χ2v) is 5.60. The lowest BCUT2D eigenvalue weighted by Gasteiger charge is -2.15. The molecule has 1 heterocycles. The van der Waals surface area contributed by atoms with Crippen LogP contribution in [0.4, 0.5) is 5.82 Å². The van der Waals surface area contributed by atoms with E-state index in [-0.39, 0.29) is 0 Å². The van der Waals surface area contributed by atoms with E-state index in [9.17, 15) is 0 Å². The first kappa shape index (κ1) is 11.8. The van der Waals surface area contributed by atoms with Crippen LogP contribution in [0.3, 0.4) is 0 Å². The van der Waals surface area contributed by atoms with Gasteiger partial charge in [0.25, 0.3) is 0 Å². The SMILES string of the molecule is CC(C)c1nc(N)c(Br)c(C2CCCC2)n1. The summed E-state index contributed by atoms with van der Waals surface area (Å²) in [6.45, 7) is 4.20. The molecule has 2 N–H and O–H groups in total. The summed E-state index contributed by atoms with van der Waals surface area (Å²) in [6.07, 6.45) is 5.06. The van der Waals surface area contributed by atoms with Crippen molar-refractivity contribution in [3.05, 3.63) is 16.0 Å². The van der Waals surface area contributed by atoms with E-state index >= 15 is 0 Å². The largest absolute Gasteiger partial charge is 0.383 e.